The van der Waals surface area contributed by atoms with Crippen LogP contribution in [-0.4, -0.2) is 25.8 Å². The molecule has 0 N–H and O–H groups in total. The van der Waals surface area contributed by atoms with Gasteiger partial charge in [0.05, 0.1) is 5.57 Å². The second-order valence-electron chi connectivity index (χ2n) is 5.68. The summed E-state index contributed by atoms with van der Waals surface area (Å²) in [6.45, 7) is 2.03. The van der Waals surface area contributed by atoms with Crippen LogP contribution in [-0.2, 0) is 9.63 Å². The van der Waals surface area contributed by atoms with E-state index in [-0.39, 0.29) is 0 Å². The van der Waals surface area contributed by atoms with Gasteiger partial charge in [-0.2, -0.15) is 0 Å². The largest absolute Gasteiger partial charge is 0.378 e. The lowest BCUT2D eigenvalue weighted by molar-refractivity contribution is -0.136. The first kappa shape index (κ1) is 15.0. The number of nitrogens with zero attached hydrogens (tertiary/aromatic N) is 2. The summed E-state index contributed by atoms with van der Waals surface area (Å²) < 4.78 is 0. The molecule has 1 heterocycles. The molecule has 23 heavy (non-hydrogen) atoms. The molecule has 0 aromatic heterocycles. The highest BCUT2D eigenvalue weighted by Gasteiger charge is 2.26. The van der Waals surface area contributed by atoms with Crippen LogP contribution in [0.25, 0.3) is 6.08 Å². The van der Waals surface area contributed by atoms with E-state index in [2.05, 4.69) is 11.2 Å². The van der Waals surface area contributed by atoms with E-state index < -0.39 is 5.97 Å². The number of anilines is 1. The Morgan fingerprint density at radius 1 is 1.09 bits per heavy atom. The van der Waals surface area contributed by atoms with Crippen molar-refractivity contribution in [2.24, 2.45) is 5.16 Å². The lowest BCUT2D eigenvalue weighted by Crippen LogP contribution is -2.09. The fraction of sp³-hybridized carbons (Fsp3) is 0.158. The van der Waals surface area contributed by atoms with Crippen molar-refractivity contribution in [1.29, 1.82) is 0 Å². The normalized spacial score (nSPS) is 15.5. The van der Waals surface area contributed by atoms with Crippen LogP contribution < -0.4 is 4.90 Å². The SMILES string of the molecule is Cc1cc(N(C)C)ccc1C=C1C(=O)ON=C1c1ccccc1. The summed E-state index contributed by atoms with van der Waals surface area (Å²) in [6, 6.07) is 15.7. The van der Waals surface area contributed by atoms with E-state index >= 15 is 0 Å². The quantitative estimate of drug-likeness (QED) is 0.644. The Morgan fingerprint density at radius 3 is 2.48 bits per heavy atom. The van der Waals surface area contributed by atoms with Gasteiger partial charge in [0.25, 0.3) is 0 Å². The molecule has 0 bridgehead atoms. The molecular weight excluding hydrogens is 288 g/mol. The van der Waals surface area contributed by atoms with E-state index in [1.807, 2.05) is 74.5 Å². The number of aryl methyl sites for hydroxylation is 1. The van der Waals surface area contributed by atoms with Crippen LogP contribution in [0.4, 0.5) is 5.69 Å². The van der Waals surface area contributed by atoms with Crippen molar-refractivity contribution in [1.82, 2.24) is 0 Å². The number of benzene rings is 2. The molecule has 0 fully saturated rings. The number of carbonyl (C=O) groups is 1. The van der Waals surface area contributed by atoms with Crippen LogP contribution in [0.3, 0.4) is 0 Å². The van der Waals surface area contributed by atoms with Crippen molar-refractivity contribution in [3.63, 3.8) is 0 Å². The summed E-state index contributed by atoms with van der Waals surface area (Å²) in [5, 5.41) is 3.93. The molecule has 0 saturated carbocycles. The van der Waals surface area contributed by atoms with E-state index in [1.165, 1.54) is 0 Å². The summed E-state index contributed by atoms with van der Waals surface area (Å²) in [4.78, 5) is 19.0. The molecular formula is C19H18N2O2. The minimum Gasteiger partial charge on any atom is -0.378 e. The molecule has 4 nitrogen and oxygen atoms in total. The van der Waals surface area contributed by atoms with Gasteiger partial charge in [-0.3, -0.25) is 0 Å². The van der Waals surface area contributed by atoms with Gasteiger partial charge in [0.2, 0.25) is 0 Å². The first-order chi connectivity index (χ1) is 11.1. The molecule has 3 rings (SSSR count). The van der Waals surface area contributed by atoms with Crippen molar-refractivity contribution in [3.8, 4) is 0 Å². The smallest absolute Gasteiger partial charge is 0.368 e. The predicted octanol–water partition coefficient (Wildman–Crippen LogP) is 3.41. The number of hydrogen-bond acceptors (Lipinski definition) is 4. The highest BCUT2D eigenvalue weighted by Crippen LogP contribution is 2.24. The maximum Gasteiger partial charge on any atom is 0.368 e. The average Bonchev–Trinajstić information content (AvgIpc) is 2.91. The van der Waals surface area contributed by atoms with E-state index in [4.69, 9.17) is 4.84 Å². The van der Waals surface area contributed by atoms with E-state index in [0.717, 1.165) is 22.4 Å². The lowest BCUT2D eigenvalue weighted by atomic mass is 9.98. The predicted molar refractivity (Wildman–Crippen MR) is 92.6 cm³/mol. The third-order valence-electron chi connectivity index (χ3n) is 3.81. The second-order valence-corrected chi connectivity index (χ2v) is 5.68. The van der Waals surface area contributed by atoms with Crippen LogP contribution in [0, 0.1) is 6.92 Å². The van der Waals surface area contributed by atoms with Crippen LogP contribution >= 0.6 is 0 Å². The summed E-state index contributed by atoms with van der Waals surface area (Å²) in [5.74, 6) is -0.417. The van der Waals surface area contributed by atoms with Gasteiger partial charge in [-0.05, 0) is 36.3 Å². The Hall–Kier alpha value is -2.88. The van der Waals surface area contributed by atoms with Crippen molar-refractivity contribution >= 4 is 23.4 Å². The Morgan fingerprint density at radius 2 is 1.83 bits per heavy atom. The van der Waals surface area contributed by atoms with Crippen LogP contribution in [0.15, 0.2) is 59.3 Å². The second kappa shape index (κ2) is 6.08. The van der Waals surface area contributed by atoms with Crippen molar-refractivity contribution in [3.05, 3.63) is 70.8 Å². The molecule has 0 radical (unpaired) electrons. The fourth-order valence-electron chi connectivity index (χ4n) is 2.47. The van der Waals surface area contributed by atoms with E-state index in [0.29, 0.717) is 11.3 Å². The molecule has 0 spiro atoms. The van der Waals surface area contributed by atoms with Gasteiger partial charge in [0.15, 0.2) is 0 Å². The van der Waals surface area contributed by atoms with Crippen LogP contribution in [0.2, 0.25) is 0 Å². The molecule has 1 aliphatic rings. The highest BCUT2D eigenvalue weighted by atomic mass is 16.7. The van der Waals surface area contributed by atoms with Gasteiger partial charge in [0.1, 0.15) is 5.71 Å². The Bertz CT molecular complexity index is 805. The Kier molecular flexibility index (Phi) is 3.98. The molecule has 116 valence electrons. The van der Waals surface area contributed by atoms with Gasteiger partial charge < -0.3 is 9.74 Å². The Labute approximate surface area is 135 Å². The highest BCUT2D eigenvalue weighted by molar-refractivity contribution is 6.31. The zero-order chi connectivity index (χ0) is 16.4. The van der Waals surface area contributed by atoms with E-state index in [9.17, 15) is 4.79 Å². The summed E-state index contributed by atoms with van der Waals surface area (Å²) in [5.41, 5.74) is 5.12. The van der Waals surface area contributed by atoms with Gasteiger partial charge in [-0.1, -0.05) is 41.6 Å². The van der Waals surface area contributed by atoms with Crippen molar-refractivity contribution in [2.75, 3.05) is 19.0 Å². The van der Waals surface area contributed by atoms with Crippen molar-refractivity contribution in [2.45, 2.75) is 6.92 Å². The third kappa shape index (κ3) is 3.01. The molecule has 2 aromatic carbocycles. The number of rotatable bonds is 3. The minimum absolute atomic E-state index is 0.417. The maximum absolute atomic E-state index is 12.0. The number of oxime groups is 1. The molecule has 4 heteroatoms. The Balaban J connectivity index is 2.01. The van der Waals surface area contributed by atoms with Gasteiger partial charge in [-0.15, -0.1) is 0 Å². The van der Waals surface area contributed by atoms with Crippen LogP contribution in [0.1, 0.15) is 16.7 Å². The fourth-order valence-corrected chi connectivity index (χ4v) is 2.47. The molecule has 0 unspecified atom stereocenters. The molecule has 0 aliphatic carbocycles. The zero-order valence-corrected chi connectivity index (χ0v) is 13.4. The molecule has 1 aliphatic heterocycles. The van der Waals surface area contributed by atoms with Gasteiger partial charge >= 0.3 is 5.97 Å². The maximum atomic E-state index is 12.0. The molecule has 0 amide bonds. The standard InChI is InChI=1S/C19H18N2O2/c1-13-11-16(21(2)3)10-9-15(13)12-17-18(20-23-19(17)22)14-7-5-4-6-8-14/h4-12H,1-3H3. The van der Waals surface area contributed by atoms with E-state index in [1.54, 1.807) is 0 Å². The number of hydrogen-bond donors (Lipinski definition) is 0. The van der Waals surface area contributed by atoms with Gasteiger partial charge in [0, 0.05) is 25.3 Å². The zero-order valence-electron chi connectivity index (χ0n) is 13.4. The summed E-state index contributed by atoms with van der Waals surface area (Å²) >= 11 is 0. The minimum atomic E-state index is -0.417. The first-order valence-corrected chi connectivity index (χ1v) is 7.41. The third-order valence-corrected chi connectivity index (χ3v) is 3.81. The first-order valence-electron chi connectivity index (χ1n) is 7.41. The van der Waals surface area contributed by atoms with Crippen LogP contribution in [0.5, 0.6) is 0 Å². The topological polar surface area (TPSA) is 41.9 Å². The number of carbonyl (C=O) groups excluding carboxylic acids is 1. The molecule has 0 saturated heterocycles. The van der Waals surface area contributed by atoms with Gasteiger partial charge in [-0.25, -0.2) is 4.79 Å². The monoisotopic (exact) mass is 306 g/mol. The molecule has 0 atom stereocenters. The van der Waals surface area contributed by atoms with Crippen molar-refractivity contribution < 1.29 is 9.63 Å². The summed E-state index contributed by atoms with van der Waals surface area (Å²) in [7, 11) is 4.00. The average molecular weight is 306 g/mol. The molecule has 2 aromatic rings. The lowest BCUT2D eigenvalue weighted by Gasteiger charge is -2.14. The summed E-state index contributed by atoms with van der Waals surface area (Å²) in [6.07, 6.45) is 1.84.